The van der Waals surface area contributed by atoms with Crippen molar-refractivity contribution in [1.29, 1.82) is 0 Å². The smallest absolute Gasteiger partial charge is 0.319 e. The predicted molar refractivity (Wildman–Crippen MR) is 100.0 cm³/mol. The number of carbonyl (C=O) groups excluding carboxylic acids is 1. The highest BCUT2D eigenvalue weighted by Gasteiger charge is 2.22. The van der Waals surface area contributed by atoms with Crippen LogP contribution in [0.3, 0.4) is 0 Å². The Balaban J connectivity index is 1.74. The summed E-state index contributed by atoms with van der Waals surface area (Å²) in [5, 5.41) is 0.752. The Morgan fingerprint density at radius 2 is 1.80 bits per heavy atom. The third-order valence-corrected chi connectivity index (χ3v) is 4.76. The van der Waals surface area contributed by atoms with Crippen LogP contribution < -0.4 is 5.43 Å². The number of amides is 2. The van der Waals surface area contributed by atoms with Crippen molar-refractivity contribution in [1.82, 2.24) is 19.7 Å². The Morgan fingerprint density at radius 3 is 2.44 bits per heavy atom. The Bertz CT molecular complexity index is 848. The predicted octanol–water partition coefficient (Wildman–Crippen LogP) is 1.94. The maximum Gasteiger partial charge on any atom is 0.319 e. The molecule has 0 radical (unpaired) electrons. The van der Waals surface area contributed by atoms with Gasteiger partial charge in [0.2, 0.25) is 0 Å². The number of fused-ring (bicyclic) bond motifs is 1. The van der Waals surface area contributed by atoms with Crippen LogP contribution in [0, 0.1) is 13.8 Å². The average Bonchev–Trinajstić information content (AvgIpc) is 2.56. The number of urea groups is 1. The first-order valence-electron chi connectivity index (χ1n) is 8.67. The number of rotatable bonds is 2. The van der Waals surface area contributed by atoms with E-state index in [1.54, 1.807) is 25.1 Å². The lowest BCUT2D eigenvalue weighted by atomic mass is 10.1. The second-order valence-electron chi connectivity index (χ2n) is 7.10. The van der Waals surface area contributed by atoms with Crippen molar-refractivity contribution in [2.24, 2.45) is 0 Å². The van der Waals surface area contributed by atoms with Crippen molar-refractivity contribution >= 4 is 16.9 Å². The molecule has 134 valence electrons. The van der Waals surface area contributed by atoms with Gasteiger partial charge in [-0.25, -0.2) is 4.79 Å². The van der Waals surface area contributed by atoms with Gasteiger partial charge in [-0.15, -0.1) is 0 Å². The number of hydrogen-bond acceptors (Lipinski definition) is 3. The van der Waals surface area contributed by atoms with Crippen LogP contribution in [-0.2, 0) is 6.54 Å². The lowest BCUT2D eigenvalue weighted by molar-refractivity contribution is 0.119. The summed E-state index contributed by atoms with van der Waals surface area (Å²) in [7, 11) is 3.55. The van der Waals surface area contributed by atoms with Crippen molar-refractivity contribution in [3.05, 3.63) is 45.2 Å². The summed E-state index contributed by atoms with van der Waals surface area (Å²) in [6, 6.07) is 5.80. The third-order valence-electron chi connectivity index (χ3n) is 4.76. The van der Waals surface area contributed by atoms with Gasteiger partial charge in [0.1, 0.15) is 0 Å². The molecule has 3 rings (SSSR count). The van der Waals surface area contributed by atoms with E-state index in [1.807, 2.05) is 24.8 Å². The van der Waals surface area contributed by atoms with E-state index >= 15 is 0 Å². The van der Waals surface area contributed by atoms with Crippen LogP contribution in [0.15, 0.2) is 23.0 Å². The molecular weight excluding hydrogens is 316 g/mol. The number of benzene rings is 1. The number of hydrogen-bond donors (Lipinski definition) is 1. The molecule has 0 saturated carbocycles. The van der Waals surface area contributed by atoms with Crippen molar-refractivity contribution in [3.63, 3.8) is 0 Å². The van der Waals surface area contributed by atoms with Crippen molar-refractivity contribution in [2.45, 2.75) is 20.4 Å². The van der Waals surface area contributed by atoms with Crippen molar-refractivity contribution < 1.29 is 4.79 Å². The fraction of sp³-hybridized carbons (Fsp3) is 0.474. The van der Waals surface area contributed by atoms with Gasteiger partial charge in [0.05, 0.1) is 5.52 Å². The molecule has 1 aromatic carbocycles. The number of carbonyl (C=O) groups is 1. The number of H-pyrrole nitrogens is 1. The first kappa shape index (κ1) is 17.5. The molecule has 0 unspecified atom stereocenters. The Hall–Kier alpha value is -2.34. The molecule has 25 heavy (non-hydrogen) atoms. The molecule has 2 amide bonds. The van der Waals surface area contributed by atoms with Crippen LogP contribution in [0.25, 0.3) is 10.9 Å². The molecule has 0 bridgehead atoms. The summed E-state index contributed by atoms with van der Waals surface area (Å²) in [6.45, 7) is 7.79. The van der Waals surface area contributed by atoms with Gasteiger partial charge in [-0.2, -0.15) is 0 Å². The zero-order chi connectivity index (χ0) is 18.1. The summed E-state index contributed by atoms with van der Waals surface area (Å²) in [5.41, 5.74) is 4.11. The summed E-state index contributed by atoms with van der Waals surface area (Å²) in [4.78, 5) is 33.7. The fourth-order valence-electron chi connectivity index (χ4n) is 3.47. The highest BCUT2D eigenvalue weighted by Crippen LogP contribution is 2.17. The maximum absolute atomic E-state index is 12.5. The van der Waals surface area contributed by atoms with Crippen molar-refractivity contribution in [2.75, 3.05) is 40.3 Å². The molecule has 1 aromatic heterocycles. The molecule has 1 aliphatic heterocycles. The van der Waals surface area contributed by atoms with E-state index in [2.05, 4.69) is 16.0 Å². The number of aryl methyl sites for hydroxylation is 2. The van der Waals surface area contributed by atoms with Gasteiger partial charge in [0.25, 0.3) is 0 Å². The molecule has 1 N–H and O–H groups in total. The molecular formula is C19H26N4O2. The largest absolute Gasteiger partial charge is 0.357 e. The minimum Gasteiger partial charge on any atom is -0.357 e. The SMILES string of the molecule is Cc1cc(C)c2[nH]c(CN3CCN(C(=O)N(C)C)CC3)cc(=O)c2c1. The molecule has 6 heteroatoms. The standard InChI is InChI=1S/C19H26N4O2/c1-13-9-14(2)18-16(10-13)17(24)11-15(20-18)12-22-5-7-23(8-6-22)19(25)21(3)4/h9-11H,5-8,12H2,1-4H3,(H,20,24). The summed E-state index contributed by atoms with van der Waals surface area (Å²) in [6.07, 6.45) is 0. The Kier molecular flexibility index (Phi) is 4.81. The number of aromatic nitrogens is 1. The summed E-state index contributed by atoms with van der Waals surface area (Å²) in [5.74, 6) is 0. The lowest BCUT2D eigenvalue weighted by Crippen LogP contribution is -2.51. The molecule has 1 aliphatic rings. The van der Waals surface area contributed by atoms with E-state index in [4.69, 9.17) is 0 Å². The topological polar surface area (TPSA) is 59.7 Å². The van der Waals surface area contributed by atoms with E-state index in [1.165, 1.54) is 0 Å². The van der Waals surface area contributed by atoms with Gasteiger partial charge in [-0.1, -0.05) is 6.07 Å². The molecule has 2 heterocycles. The third kappa shape index (κ3) is 3.69. The van der Waals surface area contributed by atoms with Crippen LogP contribution >= 0.6 is 0 Å². The van der Waals surface area contributed by atoms with E-state index in [0.29, 0.717) is 19.6 Å². The first-order valence-corrected chi connectivity index (χ1v) is 8.67. The van der Waals surface area contributed by atoms with Crippen LogP contribution in [0.5, 0.6) is 0 Å². The quantitative estimate of drug-likeness (QED) is 0.907. The highest BCUT2D eigenvalue weighted by molar-refractivity contribution is 5.82. The Labute approximate surface area is 148 Å². The highest BCUT2D eigenvalue weighted by atomic mass is 16.2. The van der Waals surface area contributed by atoms with Gasteiger partial charge in [0.15, 0.2) is 5.43 Å². The van der Waals surface area contributed by atoms with E-state index in [9.17, 15) is 9.59 Å². The van der Waals surface area contributed by atoms with Gasteiger partial charge in [-0.05, 0) is 31.0 Å². The summed E-state index contributed by atoms with van der Waals surface area (Å²) >= 11 is 0. The Morgan fingerprint density at radius 1 is 1.12 bits per heavy atom. The number of nitrogens with one attached hydrogen (secondary N) is 1. The minimum atomic E-state index is 0.0600. The van der Waals surface area contributed by atoms with Crippen LogP contribution in [-0.4, -0.2) is 66.0 Å². The second-order valence-corrected chi connectivity index (χ2v) is 7.10. The number of piperazine rings is 1. The van der Waals surface area contributed by atoms with Crippen LogP contribution in [0.1, 0.15) is 16.8 Å². The molecule has 0 atom stereocenters. The molecule has 2 aromatic rings. The van der Waals surface area contributed by atoms with Gasteiger partial charge in [0, 0.05) is 64.0 Å². The first-order chi connectivity index (χ1) is 11.8. The zero-order valence-electron chi connectivity index (χ0n) is 15.4. The van der Waals surface area contributed by atoms with E-state index in [-0.39, 0.29) is 11.5 Å². The molecule has 1 fully saturated rings. The lowest BCUT2D eigenvalue weighted by Gasteiger charge is -2.35. The number of pyridine rings is 1. The van der Waals surface area contributed by atoms with Gasteiger partial charge in [-0.3, -0.25) is 9.69 Å². The summed E-state index contributed by atoms with van der Waals surface area (Å²) < 4.78 is 0. The van der Waals surface area contributed by atoms with E-state index in [0.717, 1.165) is 40.8 Å². The average molecular weight is 342 g/mol. The molecule has 6 nitrogen and oxygen atoms in total. The molecule has 0 spiro atoms. The fourth-order valence-corrected chi connectivity index (χ4v) is 3.47. The van der Waals surface area contributed by atoms with Crippen LogP contribution in [0.2, 0.25) is 0 Å². The second kappa shape index (κ2) is 6.88. The maximum atomic E-state index is 12.5. The van der Waals surface area contributed by atoms with Crippen LogP contribution in [0.4, 0.5) is 4.79 Å². The van der Waals surface area contributed by atoms with Crippen molar-refractivity contribution in [3.8, 4) is 0 Å². The van der Waals surface area contributed by atoms with Gasteiger partial charge < -0.3 is 14.8 Å². The zero-order valence-corrected chi connectivity index (χ0v) is 15.4. The van der Waals surface area contributed by atoms with Gasteiger partial charge >= 0.3 is 6.03 Å². The molecule has 1 saturated heterocycles. The minimum absolute atomic E-state index is 0.0600. The number of aromatic amines is 1. The normalized spacial score (nSPS) is 15.6. The molecule has 0 aliphatic carbocycles. The van der Waals surface area contributed by atoms with E-state index < -0.39 is 0 Å². The number of nitrogens with zero attached hydrogens (tertiary/aromatic N) is 3. The monoisotopic (exact) mass is 342 g/mol.